The Balaban J connectivity index is 1.83. The van der Waals surface area contributed by atoms with Gasteiger partial charge in [0.05, 0.1) is 13.7 Å². The second kappa shape index (κ2) is 10.9. The second-order valence-corrected chi connectivity index (χ2v) is 5.91. The average Bonchev–Trinajstić information content (AvgIpc) is 3.13. The van der Waals surface area contributed by atoms with Crippen LogP contribution < -0.4 is 15.4 Å². The van der Waals surface area contributed by atoms with Gasteiger partial charge >= 0.3 is 0 Å². The number of ether oxygens (including phenoxy) is 2. The van der Waals surface area contributed by atoms with Gasteiger partial charge in [0.25, 0.3) is 0 Å². The van der Waals surface area contributed by atoms with Gasteiger partial charge < -0.3 is 25.0 Å². The standard InChI is InChI=1S/C18H30N4O2/c1-23-15-11-20-18(19-10-5-14-22-12-3-4-13-22)21-16-6-8-17(24-2)9-7-16/h6-9H,3-5,10-15H2,1-2H3,(H2,19,20,21). The Kier molecular flexibility index (Phi) is 8.41. The number of guanidine groups is 1. The lowest BCUT2D eigenvalue weighted by Gasteiger charge is -2.15. The van der Waals surface area contributed by atoms with Crippen molar-refractivity contribution >= 4 is 11.6 Å². The molecule has 24 heavy (non-hydrogen) atoms. The first-order valence-electron chi connectivity index (χ1n) is 8.72. The van der Waals surface area contributed by atoms with E-state index >= 15 is 0 Å². The number of hydrogen-bond acceptors (Lipinski definition) is 4. The number of nitrogens with one attached hydrogen (secondary N) is 2. The van der Waals surface area contributed by atoms with Gasteiger partial charge in [-0.25, -0.2) is 0 Å². The molecule has 2 rings (SSSR count). The third-order valence-electron chi connectivity index (χ3n) is 4.05. The van der Waals surface area contributed by atoms with Crippen LogP contribution >= 0.6 is 0 Å². The Labute approximate surface area is 145 Å². The third kappa shape index (κ3) is 6.76. The molecule has 2 N–H and O–H groups in total. The van der Waals surface area contributed by atoms with Crippen LogP contribution in [0.2, 0.25) is 0 Å². The monoisotopic (exact) mass is 334 g/mol. The summed E-state index contributed by atoms with van der Waals surface area (Å²) in [6.45, 7) is 5.81. The first kappa shape index (κ1) is 18.5. The predicted molar refractivity (Wildman–Crippen MR) is 99.1 cm³/mol. The van der Waals surface area contributed by atoms with Gasteiger partial charge in [-0.15, -0.1) is 0 Å². The van der Waals surface area contributed by atoms with Crippen LogP contribution in [0, 0.1) is 0 Å². The van der Waals surface area contributed by atoms with E-state index in [2.05, 4.69) is 20.5 Å². The molecule has 1 saturated heterocycles. The van der Waals surface area contributed by atoms with E-state index in [1.807, 2.05) is 24.3 Å². The zero-order valence-electron chi connectivity index (χ0n) is 14.9. The Morgan fingerprint density at radius 2 is 1.92 bits per heavy atom. The molecule has 0 unspecified atom stereocenters. The molecule has 0 spiro atoms. The molecule has 6 nitrogen and oxygen atoms in total. The van der Waals surface area contributed by atoms with Crippen LogP contribution in [0.1, 0.15) is 19.3 Å². The summed E-state index contributed by atoms with van der Waals surface area (Å²) in [7, 11) is 3.37. The Bertz CT molecular complexity index is 484. The fourth-order valence-electron chi connectivity index (χ4n) is 2.71. The first-order chi connectivity index (χ1) is 11.8. The lowest BCUT2D eigenvalue weighted by atomic mass is 10.3. The summed E-state index contributed by atoms with van der Waals surface area (Å²) < 4.78 is 10.3. The van der Waals surface area contributed by atoms with Gasteiger partial charge in [-0.2, -0.15) is 0 Å². The summed E-state index contributed by atoms with van der Waals surface area (Å²) in [6.07, 6.45) is 3.76. The highest BCUT2D eigenvalue weighted by Crippen LogP contribution is 2.14. The molecule has 0 bridgehead atoms. The van der Waals surface area contributed by atoms with E-state index in [9.17, 15) is 0 Å². The quantitative estimate of drug-likeness (QED) is 0.412. The molecule has 0 aliphatic carbocycles. The molecule has 1 aliphatic heterocycles. The number of likely N-dealkylation sites (tertiary alicyclic amines) is 1. The summed E-state index contributed by atoms with van der Waals surface area (Å²) in [5.41, 5.74) is 0.985. The van der Waals surface area contributed by atoms with E-state index in [1.165, 1.54) is 25.9 Å². The SMILES string of the molecule is COCCNC(=NCCCN1CCCC1)Nc1ccc(OC)cc1. The second-order valence-electron chi connectivity index (χ2n) is 5.91. The Morgan fingerprint density at radius 3 is 2.58 bits per heavy atom. The van der Waals surface area contributed by atoms with Gasteiger partial charge in [-0.1, -0.05) is 0 Å². The maximum absolute atomic E-state index is 5.19. The van der Waals surface area contributed by atoms with E-state index < -0.39 is 0 Å². The maximum Gasteiger partial charge on any atom is 0.195 e. The zero-order valence-corrected chi connectivity index (χ0v) is 14.9. The van der Waals surface area contributed by atoms with Crippen molar-refractivity contribution in [2.75, 3.05) is 58.9 Å². The van der Waals surface area contributed by atoms with Crippen molar-refractivity contribution in [1.29, 1.82) is 0 Å². The highest BCUT2D eigenvalue weighted by atomic mass is 16.5. The maximum atomic E-state index is 5.19. The van der Waals surface area contributed by atoms with Crippen LogP contribution in [-0.4, -0.2) is 64.4 Å². The lowest BCUT2D eigenvalue weighted by molar-refractivity contribution is 0.204. The van der Waals surface area contributed by atoms with Crippen molar-refractivity contribution in [1.82, 2.24) is 10.2 Å². The minimum Gasteiger partial charge on any atom is -0.497 e. The molecule has 0 saturated carbocycles. The van der Waals surface area contributed by atoms with Crippen LogP contribution in [0.5, 0.6) is 5.75 Å². The lowest BCUT2D eigenvalue weighted by Crippen LogP contribution is -2.33. The molecule has 1 aliphatic rings. The van der Waals surface area contributed by atoms with Crippen molar-refractivity contribution in [3.8, 4) is 5.75 Å². The van der Waals surface area contributed by atoms with E-state index in [-0.39, 0.29) is 0 Å². The van der Waals surface area contributed by atoms with E-state index in [0.29, 0.717) is 6.61 Å². The molecule has 0 amide bonds. The predicted octanol–water partition coefficient (Wildman–Crippen LogP) is 2.18. The average molecular weight is 334 g/mol. The van der Waals surface area contributed by atoms with E-state index in [1.54, 1.807) is 14.2 Å². The smallest absolute Gasteiger partial charge is 0.195 e. The molecule has 6 heteroatoms. The van der Waals surface area contributed by atoms with Crippen molar-refractivity contribution in [2.45, 2.75) is 19.3 Å². The van der Waals surface area contributed by atoms with Gasteiger partial charge in [0.1, 0.15) is 5.75 Å². The molecule has 0 aromatic heterocycles. The molecule has 134 valence electrons. The number of anilines is 1. The van der Waals surface area contributed by atoms with Gasteiger partial charge in [0, 0.05) is 25.9 Å². The van der Waals surface area contributed by atoms with Crippen molar-refractivity contribution in [3.05, 3.63) is 24.3 Å². The normalized spacial score (nSPS) is 15.5. The molecule has 0 atom stereocenters. The summed E-state index contributed by atoms with van der Waals surface area (Å²) in [5, 5.41) is 6.63. The molecule has 1 aromatic rings. The van der Waals surface area contributed by atoms with Crippen LogP contribution in [0.25, 0.3) is 0 Å². The topological polar surface area (TPSA) is 58.1 Å². The minimum atomic E-state index is 0.650. The summed E-state index contributed by atoms with van der Waals surface area (Å²) >= 11 is 0. The fourth-order valence-corrected chi connectivity index (χ4v) is 2.71. The van der Waals surface area contributed by atoms with E-state index in [0.717, 1.165) is 43.5 Å². The molecule has 0 radical (unpaired) electrons. The molecule has 1 fully saturated rings. The summed E-state index contributed by atoms with van der Waals surface area (Å²) in [4.78, 5) is 7.19. The number of methoxy groups -OCH3 is 2. The fraction of sp³-hybridized carbons (Fsp3) is 0.611. The van der Waals surface area contributed by atoms with Crippen LogP contribution in [0.3, 0.4) is 0 Å². The molecular formula is C18H30N4O2. The number of hydrogen-bond donors (Lipinski definition) is 2. The number of rotatable bonds is 9. The summed E-state index contributed by atoms with van der Waals surface area (Å²) in [6, 6.07) is 7.83. The third-order valence-corrected chi connectivity index (χ3v) is 4.05. The molecule has 1 heterocycles. The zero-order chi connectivity index (χ0) is 17.0. The number of aliphatic imine (C=N–C) groups is 1. The highest BCUT2D eigenvalue weighted by molar-refractivity contribution is 5.93. The Morgan fingerprint density at radius 1 is 1.17 bits per heavy atom. The first-order valence-corrected chi connectivity index (χ1v) is 8.72. The summed E-state index contributed by atoms with van der Waals surface area (Å²) in [5.74, 6) is 1.63. The highest BCUT2D eigenvalue weighted by Gasteiger charge is 2.10. The van der Waals surface area contributed by atoms with Gasteiger partial charge in [-0.3, -0.25) is 4.99 Å². The minimum absolute atomic E-state index is 0.650. The Hall–Kier alpha value is -1.79. The molecular weight excluding hydrogens is 304 g/mol. The van der Waals surface area contributed by atoms with Crippen molar-refractivity contribution in [2.24, 2.45) is 4.99 Å². The van der Waals surface area contributed by atoms with Crippen LogP contribution in [0.4, 0.5) is 5.69 Å². The number of nitrogens with zero attached hydrogens (tertiary/aromatic N) is 2. The number of benzene rings is 1. The van der Waals surface area contributed by atoms with Gasteiger partial charge in [0.2, 0.25) is 0 Å². The van der Waals surface area contributed by atoms with E-state index in [4.69, 9.17) is 9.47 Å². The van der Waals surface area contributed by atoms with Crippen LogP contribution in [0.15, 0.2) is 29.3 Å². The molecule has 1 aromatic carbocycles. The van der Waals surface area contributed by atoms with Crippen molar-refractivity contribution in [3.63, 3.8) is 0 Å². The van der Waals surface area contributed by atoms with Gasteiger partial charge in [-0.05, 0) is 63.2 Å². The largest absolute Gasteiger partial charge is 0.497 e. The van der Waals surface area contributed by atoms with Crippen molar-refractivity contribution < 1.29 is 9.47 Å². The van der Waals surface area contributed by atoms with Gasteiger partial charge in [0.15, 0.2) is 5.96 Å². The van der Waals surface area contributed by atoms with Crippen LogP contribution in [-0.2, 0) is 4.74 Å².